The number of hydrogen-bond acceptors (Lipinski definition) is 9. The number of fused-ring (bicyclic) bond motifs is 1. The van der Waals surface area contributed by atoms with Gasteiger partial charge in [-0.25, -0.2) is 9.78 Å². The molecule has 5 rings (SSSR count). The molecule has 0 radical (unpaired) electrons. The van der Waals surface area contributed by atoms with Crippen LogP contribution in [0.25, 0.3) is 22.2 Å². The fourth-order valence-electron chi connectivity index (χ4n) is 5.80. The second kappa shape index (κ2) is 11.6. The minimum atomic E-state index is -0.476. The Hall–Kier alpha value is -3.77. The number of ether oxygens (including phenoxy) is 1. The molecule has 2 aliphatic rings. The van der Waals surface area contributed by atoms with Crippen molar-refractivity contribution >= 4 is 28.5 Å². The van der Waals surface area contributed by atoms with E-state index in [2.05, 4.69) is 43.7 Å². The molecule has 3 aromatic rings. The molecular weight excluding hydrogens is 524 g/mol. The van der Waals surface area contributed by atoms with E-state index in [9.17, 15) is 14.9 Å². The zero-order chi connectivity index (χ0) is 29.3. The molecule has 2 atom stereocenters. The van der Waals surface area contributed by atoms with Gasteiger partial charge in [-0.3, -0.25) is 25.0 Å². The maximum absolute atomic E-state index is 12.4. The van der Waals surface area contributed by atoms with Gasteiger partial charge in [0, 0.05) is 93.7 Å². The minimum Gasteiger partial charge on any atom is -0.444 e. The van der Waals surface area contributed by atoms with Crippen LogP contribution < -0.4 is 4.90 Å². The molecule has 1 N–H and O–H groups in total. The zero-order valence-electron chi connectivity index (χ0n) is 24.5. The smallest absolute Gasteiger partial charge is 0.410 e. The second-order valence-corrected chi connectivity index (χ2v) is 12.1. The summed E-state index contributed by atoms with van der Waals surface area (Å²) in [7, 11) is 0. The van der Waals surface area contributed by atoms with Crippen molar-refractivity contribution in [2.75, 3.05) is 57.3 Å². The summed E-state index contributed by atoms with van der Waals surface area (Å²) >= 11 is 0. The van der Waals surface area contributed by atoms with Crippen molar-refractivity contribution in [2.24, 2.45) is 0 Å². The average molecular weight is 565 g/mol. The molecule has 4 heterocycles. The van der Waals surface area contributed by atoms with E-state index in [4.69, 9.17) is 4.74 Å². The van der Waals surface area contributed by atoms with Crippen LogP contribution in [-0.4, -0.2) is 111 Å². The summed E-state index contributed by atoms with van der Waals surface area (Å²) in [5.41, 5.74) is 1.87. The number of carbonyl (C=O) groups is 1. The van der Waals surface area contributed by atoms with E-state index in [0.29, 0.717) is 30.9 Å². The number of piperazine rings is 2. The molecule has 0 unspecified atom stereocenters. The number of hydrogen-bond donors (Lipinski definition) is 1. The van der Waals surface area contributed by atoms with Gasteiger partial charge >= 0.3 is 6.09 Å². The van der Waals surface area contributed by atoms with E-state index >= 15 is 0 Å². The predicted molar refractivity (Wildman–Crippen MR) is 158 cm³/mol. The Kier molecular flexibility index (Phi) is 8.14. The van der Waals surface area contributed by atoms with Gasteiger partial charge in [0.15, 0.2) is 0 Å². The van der Waals surface area contributed by atoms with E-state index in [-0.39, 0.29) is 16.7 Å². The number of nitrogens with one attached hydrogen (secondary N) is 1. The number of pyridine rings is 1. The van der Waals surface area contributed by atoms with Crippen molar-refractivity contribution in [3.63, 3.8) is 0 Å². The number of aromatic nitrogens is 3. The Morgan fingerprint density at radius 3 is 2.44 bits per heavy atom. The molecule has 0 saturated carbocycles. The molecular formula is C29H40N8O4. The minimum absolute atomic E-state index is 0.0399. The summed E-state index contributed by atoms with van der Waals surface area (Å²) in [5, 5.41) is 19.5. The van der Waals surface area contributed by atoms with Crippen LogP contribution in [0.3, 0.4) is 0 Å². The zero-order valence-corrected chi connectivity index (χ0v) is 24.5. The van der Waals surface area contributed by atoms with Crippen molar-refractivity contribution in [3.05, 3.63) is 46.6 Å². The van der Waals surface area contributed by atoms with E-state index in [1.807, 2.05) is 32.9 Å². The lowest BCUT2D eigenvalue weighted by molar-refractivity contribution is -0.384. The van der Waals surface area contributed by atoms with E-state index in [1.54, 1.807) is 23.2 Å². The number of benzene rings is 1. The predicted octanol–water partition coefficient (Wildman–Crippen LogP) is 3.98. The quantitative estimate of drug-likeness (QED) is 0.350. The first-order chi connectivity index (χ1) is 19.5. The molecule has 2 fully saturated rings. The highest BCUT2D eigenvalue weighted by atomic mass is 16.6. The van der Waals surface area contributed by atoms with Crippen molar-refractivity contribution in [1.29, 1.82) is 0 Å². The lowest BCUT2D eigenvalue weighted by atomic mass is 10.1. The standard InChI is InChI=1S/C29H40N8O4/c1-20-18-35(19-21(2)36(20)15-12-33-10-13-34(14-11-33)28(38)41-29(3,4)5)26-16-22(8-9-30-26)27-24-17-23(37(39)40)6-7-25(24)31-32-27/h6-9,16-17,20-21H,10-15,18-19H2,1-5H3,(H,31,32)/t20-,21+. The number of non-ortho nitro benzene ring substituents is 1. The highest BCUT2D eigenvalue weighted by molar-refractivity contribution is 5.94. The lowest BCUT2D eigenvalue weighted by Gasteiger charge is -2.46. The molecule has 220 valence electrons. The molecule has 2 saturated heterocycles. The summed E-state index contributed by atoms with van der Waals surface area (Å²) < 4.78 is 5.52. The van der Waals surface area contributed by atoms with Crippen molar-refractivity contribution < 1.29 is 14.5 Å². The fourth-order valence-corrected chi connectivity index (χ4v) is 5.80. The normalized spacial score (nSPS) is 20.9. The number of anilines is 1. The first-order valence-corrected chi connectivity index (χ1v) is 14.3. The Bertz CT molecular complexity index is 1380. The third-order valence-electron chi connectivity index (χ3n) is 7.90. The number of aromatic amines is 1. The van der Waals surface area contributed by atoms with Crippen LogP contribution in [0.2, 0.25) is 0 Å². The maximum Gasteiger partial charge on any atom is 0.410 e. The molecule has 2 aliphatic heterocycles. The Morgan fingerprint density at radius 1 is 1.07 bits per heavy atom. The Morgan fingerprint density at radius 2 is 1.78 bits per heavy atom. The molecule has 2 aromatic heterocycles. The molecule has 0 aliphatic carbocycles. The molecule has 41 heavy (non-hydrogen) atoms. The van der Waals surface area contributed by atoms with Gasteiger partial charge in [-0.15, -0.1) is 0 Å². The van der Waals surface area contributed by atoms with Crippen LogP contribution in [-0.2, 0) is 4.74 Å². The number of rotatable bonds is 6. The highest BCUT2D eigenvalue weighted by Crippen LogP contribution is 2.31. The van der Waals surface area contributed by atoms with Crippen molar-refractivity contribution in [2.45, 2.75) is 52.3 Å². The summed E-state index contributed by atoms with van der Waals surface area (Å²) in [6.45, 7) is 16.9. The molecule has 12 heteroatoms. The first-order valence-electron chi connectivity index (χ1n) is 14.3. The SMILES string of the molecule is C[C@@H]1CN(c2cc(-c3n[nH]c4ccc([N+](=O)[O-])cc34)ccn2)C[C@H](C)N1CCN1CCN(C(=O)OC(C)(C)C)CC1. The lowest BCUT2D eigenvalue weighted by Crippen LogP contribution is -2.59. The summed E-state index contributed by atoms with van der Waals surface area (Å²) in [5.74, 6) is 0.876. The summed E-state index contributed by atoms with van der Waals surface area (Å²) in [4.78, 5) is 37.1. The third kappa shape index (κ3) is 6.59. The second-order valence-electron chi connectivity index (χ2n) is 12.1. The van der Waals surface area contributed by atoms with Gasteiger partial charge in [-0.05, 0) is 52.8 Å². The third-order valence-corrected chi connectivity index (χ3v) is 7.90. The van der Waals surface area contributed by atoms with Gasteiger partial charge in [-0.1, -0.05) is 0 Å². The molecule has 1 aromatic carbocycles. The van der Waals surface area contributed by atoms with Gasteiger partial charge in [0.1, 0.15) is 17.1 Å². The fraction of sp³-hybridized carbons (Fsp3) is 0.552. The average Bonchev–Trinajstić information content (AvgIpc) is 3.35. The van der Waals surface area contributed by atoms with Gasteiger partial charge in [0.05, 0.1) is 10.4 Å². The number of nitro groups is 1. The Balaban J connectivity index is 1.18. The van der Waals surface area contributed by atoms with Crippen LogP contribution in [0.4, 0.5) is 16.3 Å². The van der Waals surface area contributed by atoms with Crippen LogP contribution in [0.5, 0.6) is 0 Å². The number of carbonyl (C=O) groups excluding carboxylic acids is 1. The number of nitro benzene ring substituents is 1. The van der Waals surface area contributed by atoms with E-state index in [0.717, 1.165) is 61.6 Å². The highest BCUT2D eigenvalue weighted by Gasteiger charge is 2.31. The van der Waals surface area contributed by atoms with Crippen LogP contribution in [0, 0.1) is 10.1 Å². The van der Waals surface area contributed by atoms with Crippen molar-refractivity contribution in [1.82, 2.24) is 29.9 Å². The molecule has 12 nitrogen and oxygen atoms in total. The van der Waals surface area contributed by atoms with Gasteiger partial charge in [0.25, 0.3) is 5.69 Å². The van der Waals surface area contributed by atoms with Crippen molar-refractivity contribution in [3.8, 4) is 11.3 Å². The van der Waals surface area contributed by atoms with Crippen LogP contribution in [0.15, 0.2) is 36.5 Å². The molecule has 0 bridgehead atoms. The van der Waals surface area contributed by atoms with Gasteiger partial charge < -0.3 is 14.5 Å². The van der Waals surface area contributed by atoms with E-state index in [1.165, 1.54) is 6.07 Å². The van der Waals surface area contributed by atoms with Gasteiger partial charge in [0.2, 0.25) is 0 Å². The topological polar surface area (TPSA) is 124 Å². The largest absolute Gasteiger partial charge is 0.444 e. The Labute approximate surface area is 240 Å². The number of amides is 1. The summed E-state index contributed by atoms with van der Waals surface area (Å²) in [6, 6.07) is 9.32. The number of nitrogens with zero attached hydrogens (tertiary/aromatic N) is 7. The summed E-state index contributed by atoms with van der Waals surface area (Å²) in [6.07, 6.45) is 1.55. The first kappa shape index (κ1) is 28.7. The number of H-pyrrole nitrogens is 1. The van der Waals surface area contributed by atoms with Gasteiger partial charge in [-0.2, -0.15) is 5.10 Å². The molecule has 1 amide bonds. The maximum atomic E-state index is 12.4. The molecule has 0 spiro atoms. The monoisotopic (exact) mass is 564 g/mol. The van der Waals surface area contributed by atoms with Crippen LogP contribution >= 0.6 is 0 Å². The van der Waals surface area contributed by atoms with E-state index < -0.39 is 5.60 Å². The van der Waals surface area contributed by atoms with Crippen LogP contribution in [0.1, 0.15) is 34.6 Å².